The Balaban J connectivity index is 2.93. The van der Waals surface area contributed by atoms with Crippen LogP contribution >= 0.6 is 15.9 Å². The van der Waals surface area contributed by atoms with E-state index in [1.165, 1.54) is 25.2 Å². The quantitative estimate of drug-likeness (QED) is 0.755. The fourth-order valence-electron chi connectivity index (χ4n) is 1.44. The van der Waals surface area contributed by atoms with Crippen molar-refractivity contribution in [1.29, 1.82) is 0 Å². The van der Waals surface area contributed by atoms with Crippen LogP contribution < -0.4 is 17.1 Å². The summed E-state index contributed by atoms with van der Waals surface area (Å²) in [6.45, 7) is 0. The summed E-state index contributed by atoms with van der Waals surface area (Å²) in [5.41, 5.74) is -2.31. The number of hydrogen-bond donors (Lipinski definition) is 2. The van der Waals surface area contributed by atoms with Crippen LogP contribution in [0.4, 0.5) is 0 Å². The van der Waals surface area contributed by atoms with E-state index in [9.17, 15) is 19.5 Å². The first-order chi connectivity index (χ1) is 8.41. The lowest BCUT2D eigenvalue weighted by Gasteiger charge is -2.08. The molecule has 0 amide bonds. The van der Waals surface area contributed by atoms with Gasteiger partial charge in [-0.2, -0.15) is 0 Å². The molecule has 18 heavy (non-hydrogen) atoms. The van der Waals surface area contributed by atoms with E-state index in [-0.39, 0.29) is 11.4 Å². The summed E-state index contributed by atoms with van der Waals surface area (Å²) in [6.07, 6.45) is 0. The largest absolute Gasteiger partial charge is 0.508 e. The van der Waals surface area contributed by atoms with Gasteiger partial charge in [-0.3, -0.25) is 4.98 Å². The number of phenols is 1. The molecule has 0 spiro atoms. The molecule has 0 aliphatic rings. The molecule has 1 aromatic carbocycles. The predicted octanol–water partition coefficient (Wildman–Crippen LogP) is -0.307. The van der Waals surface area contributed by atoms with Crippen LogP contribution in [0, 0.1) is 0 Å². The van der Waals surface area contributed by atoms with E-state index in [0.717, 1.165) is 9.13 Å². The Bertz CT molecular complexity index is 787. The number of benzene rings is 1. The van der Waals surface area contributed by atoms with Gasteiger partial charge in [0, 0.05) is 17.6 Å². The molecular formula is C10H8BrN3O4. The molecule has 0 atom stereocenters. The van der Waals surface area contributed by atoms with E-state index in [1.807, 2.05) is 4.98 Å². The predicted molar refractivity (Wildman–Crippen MR) is 67.3 cm³/mol. The minimum Gasteiger partial charge on any atom is -0.508 e. The number of nitrogens with one attached hydrogen (secondary N) is 1. The van der Waals surface area contributed by atoms with Crippen LogP contribution in [0.25, 0.3) is 5.69 Å². The van der Waals surface area contributed by atoms with Crippen LogP contribution in [-0.4, -0.2) is 19.2 Å². The average molecular weight is 314 g/mol. The average Bonchev–Trinajstić information content (AvgIpc) is 2.31. The van der Waals surface area contributed by atoms with Crippen LogP contribution in [-0.2, 0) is 7.05 Å². The Morgan fingerprint density at radius 2 is 1.89 bits per heavy atom. The number of aromatic hydroxyl groups is 1. The first-order valence-corrected chi connectivity index (χ1v) is 5.62. The number of H-pyrrole nitrogens is 1. The Kier molecular flexibility index (Phi) is 2.95. The molecular weight excluding hydrogens is 306 g/mol. The monoisotopic (exact) mass is 313 g/mol. The number of aromatic amines is 1. The van der Waals surface area contributed by atoms with Gasteiger partial charge in [-0.1, -0.05) is 0 Å². The van der Waals surface area contributed by atoms with Crippen LogP contribution in [0.5, 0.6) is 5.75 Å². The van der Waals surface area contributed by atoms with Crippen molar-refractivity contribution in [2.75, 3.05) is 0 Å². The molecule has 0 aliphatic carbocycles. The summed E-state index contributed by atoms with van der Waals surface area (Å²) in [7, 11) is 1.24. The molecule has 0 aliphatic heterocycles. The third-order valence-corrected chi connectivity index (χ3v) is 3.04. The van der Waals surface area contributed by atoms with Gasteiger partial charge in [0.15, 0.2) is 0 Å². The van der Waals surface area contributed by atoms with Gasteiger partial charge >= 0.3 is 17.1 Å². The zero-order valence-corrected chi connectivity index (χ0v) is 10.8. The fraction of sp³-hybridized carbons (Fsp3) is 0.100. The highest BCUT2D eigenvalue weighted by Crippen LogP contribution is 2.23. The maximum atomic E-state index is 11.9. The lowest BCUT2D eigenvalue weighted by atomic mass is 10.3. The summed E-state index contributed by atoms with van der Waals surface area (Å²) in [5.74, 6) is -0.103. The van der Waals surface area contributed by atoms with Crippen molar-refractivity contribution < 1.29 is 5.11 Å². The molecule has 0 bridgehead atoms. The number of hydrogen-bond acceptors (Lipinski definition) is 4. The van der Waals surface area contributed by atoms with Crippen molar-refractivity contribution in [3.05, 3.63) is 54.1 Å². The molecule has 94 valence electrons. The molecule has 0 radical (unpaired) electrons. The van der Waals surface area contributed by atoms with Gasteiger partial charge in [-0.05, 0) is 28.1 Å². The highest BCUT2D eigenvalue weighted by molar-refractivity contribution is 9.10. The summed E-state index contributed by atoms with van der Waals surface area (Å²) in [4.78, 5) is 36.8. The third-order valence-electron chi connectivity index (χ3n) is 2.37. The third kappa shape index (κ3) is 1.90. The van der Waals surface area contributed by atoms with Crippen LogP contribution in [0.15, 0.2) is 37.1 Å². The number of phenolic OH excluding ortho intramolecular Hbond substituents is 1. The first-order valence-electron chi connectivity index (χ1n) is 4.83. The van der Waals surface area contributed by atoms with Crippen molar-refractivity contribution >= 4 is 15.9 Å². The van der Waals surface area contributed by atoms with Crippen molar-refractivity contribution in [2.45, 2.75) is 0 Å². The number of rotatable bonds is 1. The molecule has 1 aromatic heterocycles. The van der Waals surface area contributed by atoms with Gasteiger partial charge in [0.05, 0.1) is 5.69 Å². The van der Waals surface area contributed by atoms with Crippen LogP contribution in [0.2, 0.25) is 0 Å². The summed E-state index contributed by atoms with van der Waals surface area (Å²) >= 11 is 3.17. The summed E-state index contributed by atoms with van der Waals surface area (Å²) < 4.78 is 1.95. The minimum atomic E-state index is -0.866. The molecule has 7 nitrogen and oxygen atoms in total. The summed E-state index contributed by atoms with van der Waals surface area (Å²) in [5, 5.41) is 9.39. The highest BCUT2D eigenvalue weighted by atomic mass is 79.9. The van der Waals surface area contributed by atoms with Crippen molar-refractivity contribution in [3.63, 3.8) is 0 Å². The van der Waals surface area contributed by atoms with Gasteiger partial charge < -0.3 is 5.11 Å². The molecule has 2 N–H and O–H groups in total. The number of aromatic nitrogens is 3. The molecule has 8 heteroatoms. The Labute approximate surface area is 108 Å². The van der Waals surface area contributed by atoms with E-state index >= 15 is 0 Å². The Hall–Kier alpha value is -2.09. The standard InChI is InChI=1S/C10H8BrN3O4/c1-13-8(16)12-9(17)14(10(13)18)7-4-5(15)2-3-6(7)11/h2-4,15H,1H3,(H,12,16,17). The molecule has 2 aromatic rings. The molecule has 0 fully saturated rings. The lowest BCUT2D eigenvalue weighted by Crippen LogP contribution is -2.47. The van der Waals surface area contributed by atoms with Gasteiger partial charge in [0.25, 0.3) is 0 Å². The molecule has 2 rings (SSSR count). The molecule has 1 heterocycles. The zero-order valence-electron chi connectivity index (χ0n) is 9.18. The van der Waals surface area contributed by atoms with Crippen molar-refractivity contribution in [1.82, 2.24) is 14.1 Å². The zero-order chi connectivity index (χ0) is 13.4. The maximum Gasteiger partial charge on any atom is 0.340 e. The van der Waals surface area contributed by atoms with E-state index < -0.39 is 17.1 Å². The summed E-state index contributed by atoms with van der Waals surface area (Å²) in [6, 6.07) is 4.13. The molecule has 0 unspecified atom stereocenters. The smallest absolute Gasteiger partial charge is 0.340 e. The minimum absolute atomic E-state index is 0.103. The maximum absolute atomic E-state index is 11.9. The van der Waals surface area contributed by atoms with E-state index in [2.05, 4.69) is 15.9 Å². The second kappa shape index (κ2) is 4.30. The van der Waals surface area contributed by atoms with E-state index in [1.54, 1.807) is 0 Å². The Morgan fingerprint density at radius 1 is 1.22 bits per heavy atom. The van der Waals surface area contributed by atoms with E-state index in [4.69, 9.17) is 0 Å². The molecule has 0 saturated heterocycles. The molecule has 0 saturated carbocycles. The SMILES string of the molecule is Cn1c(=O)[nH]c(=O)n(-c2cc(O)ccc2Br)c1=O. The van der Waals surface area contributed by atoms with Gasteiger partial charge in [-0.25, -0.2) is 23.5 Å². The van der Waals surface area contributed by atoms with Gasteiger partial charge in [0.2, 0.25) is 0 Å². The lowest BCUT2D eigenvalue weighted by molar-refractivity contribution is 0.474. The normalized spacial score (nSPS) is 10.6. The second-order valence-corrected chi connectivity index (χ2v) is 4.40. The first kappa shape index (κ1) is 12.4. The van der Waals surface area contributed by atoms with E-state index in [0.29, 0.717) is 4.47 Å². The Morgan fingerprint density at radius 3 is 2.56 bits per heavy atom. The number of nitrogens with zero attached hydrogens (tertiary/aromatic N) is 2. The van der Waals surface area contributed by atoms with Gasteiger partial charge in [-0.15, -0.1) is 0 Å². The fourth-order valence-corrected chi connectivity index (χ4v) is 1.86. The topological polar surface area (TPSA) is 97.1 Å². The second-order valence-electron chi connectivity index (χ2n) is 3.55. The van der Waals surface area contributed by atoms with Crippen molar-refractivity contribution in [2.24, 2.45) is 7.05 Å². The number of halogens is 1. The highest BCUT2D eigenvalue weighted by Gasteiger charge is 2.12. The van der Waals surface area contributed by atoms with Crippen molar-refractivity contribution in [3.8, 4) is 11.4 Å². The van der Waals surface area contributed by atoms with Crippen LogP contribution in [0.3, 0.4) is 0 Å². The van der Waals surface area contributed by atoms with Crippen LogP contribution in [0.1, 0.15) is 0 Å². The van der Waals surface area contributed by atoms with Gasteiger partial charge in [0.1, 0.15) is 5.75 Å².